The normalized spacial score (nSPS) is 10.9. The molecule has 0 radical (unpaired) electrons. The van der Waals surface area contributed by atoms with Gasteiger partial charge in [-0.15, -0.1) is 5.10 Å². The first kappa shape index (κ1) is 20.3. The van der Waals surface area contributed by atoms with Gasteiger partial charge in [-0.3, -0.25) is 4.79 Å². The fourth-order valence-corrected chi connectivity index (χ4v) is 3.27. The first-order chi connectivity index (χ1) is 14.9. The van der Waals surface area contributed by atoms with Crippen LogP contribution in [0, 0.1) is 20.8 Å². The van der Waals surface area contributed by atoms with Gasteiger partial charge in [-0.05, 0) is 38.0 Å². The summed E-state index contributed by atoms with van der Waals surface area (Å²) in [5.41, 5.74) is 4.73. The summed E-state index contributed by atoms with van der Waals surface area (Å²) >= 11 is 0. The maximum absolute atomic E-state index is 13.0. The van der Waals surface area contributed by atoms with Gasteiger partial charge in [-0.2, -0.15) is 0 Å². The van der Waals surface area contributed by atoms with Crippen molar-refractivity contribution in [2.45, 2.75) is 33.9 Å². The zero-order chi connectivity index (χ0) is 22.0. The standard InChI is InChI=1S/C23H24N6O2/c1-15-8-10-18(11-9-15)13-24-21(30)14-28-23(31)29-20(27-28)12-17(3)25-22(29)26-19-7-5-4-6-16(19)2/h4-12H,13-14H2,1-3H3,(H,24,30)(H,25,26). The Morgan fingerprint density at radius 2 is 1.77 bits per heavy atom. The second kappa shape index (κ2) is 8.43. The van der Waals surface area contributed by atoms with Crippen molar-refractivity contribution in [1.29, 1.82) is 0 Å². The molecular formula is C23H24N6O2. The van der Waals surface area contributed by atoms with E-state index in [2.05, 4.69) is 20.7 Å². The van der Waals surface area contributed by atoms with Crippen LogP contribution in [0.1, 0.15) is 22.4 Å². The van der Waals surface area contributed by atoms with Crippen molar-refractivity contribution in [2.75, 3.05) is 5.32 Å². The molecule has 0 aliphatic carbocycles. The van der Waals surface area contributed by atoms with Crippen LogP contribution in [0.3, 0.4) is 0 Å². The molecule has 0 saturated carbocycles. The van der Waals surface area contributed by atoms with Crippen LogP contribution in [0.4, 0.5) is 11.6 Å². The van der Waals surface area contributed by atoms with Crippen molar-refractivity contribution in [3.63, 3.8) is 0 Å². The molecule has 4 rings (SSSR count). The highest BCUT2D eigenvalue weighted by molar-refractivity contribution is 5.75. The van der Waals surface area contributed by atoms with E-state index in [1.807, 2.05) is 69.3 Å². The van der Waals surface area contributed by atoms with Crippen molar-refractivity contribution in [3.05, 3.63) is 87.5 Å². The van der Waals surface area contributed by atoms with Crippen LogP contribution in [0.2, 0.25) is 0 Å². The molecule has 2 heterocycles. The number of para-hydroxylation sites is 1. The van der Waals surface area contributed by atoms with E-state index in [4.69, 9.17) is 0 Å². The van der Waals surface area contributed by atoms with E-state index in [0.29, 0.717) is 23.8 Å². The average Bonchev–Trinajstić information content (AvgIpc) is 3.04. The summed E-state index contributed by atoms with van der Waals surface area (Å²) in [6, 6.07) is 17.4. The van der Waals surface area contributed by atoms with Crippen LogP contribution in [0.25, 0.3) is 5.65 Å². The van der Waals surface area contributed by atoms with Gasteiger partial charge in [-0.1, -0.05) is 48.0 Å². The van der Waals surface area contributed by atoms with Gasteiger partial charge in [-0.25, -0.2) is 18.9 Å². The summed E-state index contributed by atoms with van der Waals surface area (Å²) in [5, 5.41) is 10.4. The van der Waals surface area contributed by atoms with E-state index in [1.165, 1.54) is 4.40 Å². The summed E-state index contributed by atoms with van der Waals surface area (Å²) < 4.78 is 2.54. The molecule has 0 fully saturated rings. The molecule has 158 valence electrons. The molecule has 0 spiro atoms. The third-order valence-electron chi connectivity index (χ3n) is 4.99. The van der Waals surface area contributed by atoms with Gasteiger partial charge in [0.15, 0.2) is 5.65 Å². The summed E-state index contributed by atoms with van der Waals surface area (Å²) in [7, 11) is 0. The van der Waals surface area contributed by atoms with Crippen molar-refractivity contribution in [2.24, 2.45) is 0 Å². The Bertz CT molecular complexity index is 1300. The molecule has 2 aromatic heterocycles. The average molecular weight is 416 g/mol. The van der Waals surface area contributed by atoms with Crippen molar-refractivity contribution in [3.8, 4) is 0 Å². The predicted octanol–water partition coefficient (Wildman–Crippen LogP) is 2.88. The molecule has 0 aliphatic rings. The summed E-state index contributed by atoms with van der Waals surface area (Å²) in [4.78, 5) is 29.9. The Balaban J connectivity index is 1.57. The summed E-state index contributed by atoms with van der Waals surface area (Å²) in [6.07, 6.45) is 0. The highest BCUT2D eigenvalue weighted by atomic mass is 16.2. The van der Waals surface area contributed by atoms with Crippen LogP contribution in [0.15, 0.2) is 59.4 Å². The summed E-state index contributed by atoms with van der Waals surface area (Å²) in [6.45, 7) is 6.04. The Morgan fingerprint density at radius 3 is 2.52 bits per heavy atom. The number of amides is 1. The fourth-order valence-electron chi connectivity index (χ4n) is 3.27. The molecule has 8 heteroatoms. The van der Waals surface area contributed by atoms with Crippen molar-refractivity contribution in [1.82, 2.24) is 24.5 Å². The lowest BCUT2D eigenvalue weighted by atomic mass is 10.1. The second-order valence-corrected chi connectivity index (χ2v) is 7.56. The van der Waals surface area contributed by atoms with E-state index in [1.54, 1.807) is 6.07 Å². The zero-order valence-electron chi connectivity index (χ0n) is 17.7. The number of aryl methyl sites for hydroxylation is 3. The Morgan fingerprint density at radius 1 is 1.03 bits per heavy atom. The van der Waals surface area contributed by atoms with Gasteiger partial charge in [0.2, 0.25) is 11.9 Å². The molecule has 0 bridgehead atoms. The minimum absolute atomic E-state index is 0.171. The number of fused-ring (bicyclic) bond motifs is 1. The Labute approximate surface area is 179 Å². The van der Waals surface area contributed by atoms with Gasteiger partial charge in [0.05, 0.1) is 0 Å². The Kier molecular flexibility index (Phi) is 5.53. The second-order valence-electron chi connectivity index (χ2n) is 7.56. The third kappa shape index (κ3) is 4.48. The molecule has 8 nitrogen and oxygen atoms in total. The molecule has 0 atom stereocenters. The Hall–Kier alpha value is -3.94. The largest absolute Gasteiger partial charge is 0.353 e. The number of carbonyl (C=O) groups is 1. The van der Waals surface area contributed by atoms with Gasteiger partial charge in [0, 0.05) is 24.0 Å². The van der Waals surface area contributed by atoms with Crippen LogP contribution in [-0.4, -0.2) is 25.1 Å². The van der Waals surface area contributed by atoms with E-state index in [9.17, 15) is 9.59 Å². The zero-order valence-corrected chi connectivity index (χ0v) is 17.7. The van der Waals surface area contributed by atoms with Gasteiger partial charge in [0.1, 0.15) is 6.54 Å². The molecule has 0 saturated heterocycles. The number of carbonyl (C=O) groups excluding carboxylic acids is 1. The molecule has 31 heavy (non-hydrogen) atoms. The number of hydrogen-bond donors (Lipinski definition) is 2. The highest BCUT2D eigenvalue weighted by Gasteiger charge is 2.15. The van der Waals surface area contributed by atoms with Crippen LogP contribution >= 0.6 is 0 Å². The number of nitrogens with zero attached hydrogens (tertiary/aromatic N) is 4. The quantitative estimate of drug-likeness (QED) is 0.504. The minimum Gasteiger partial charge on any atom is -0.350 e. The third-order valence-corrected chi connectivity index (χ3v) is 4.99. The fraction of sp³-hybridized carbons (Fsp3) is 0.217. The number of nitrogens with one attached hydrogen (secondary N) is 2. The molecule has 2 aromatic carbocycles. The van der Waals surface area contributed by atoms with E-state index >= 15 is 0 Å². The first-order valence-electron chi connectivity index (χ1n) is 10.0. The molecule has 0 unspecified atom stereocenters. The number of anilines is 2. The maximum Gasteiger partial charge on any atom is 0.353 e. The molecule has 1 amide bonds. The van der Waals surface area contributed by atoms with E-state index < -0.39 is 5.69 Å². The van der Waals surface area contributed by atoms with Gasteiger partial charge in [0.25, 0.3) is 0 Å². The van der Waals surface area contributed by atoms with Crippen LogP contribution in [-0.2, 0) is 17.9 Å². The van der Waals surface area contributed by atoms with Crippen molar-refractivity contribution >= 4 is 23.2 Å². The summed E-state index contributed by atoms with van der Waals surface area (Å²) in [5.74, 6) is 0.0739. The topological polar surface area (TPSA) is 93.3 Å². The van der Waals surface area contributed by atoms with E-state index in [0.717, 1.165) is 27.1 Å². The van der Waals surface area contributed by atoms with Crippen molar-refractivity contribution < 1.29 is 4.79 Å². The molecule has 4 aromatic rings. The number of hydrogen-bond acceptors (Lipinski definition) is 5. The van der Waals surface area contributed by atoms with Crippen LogP contribution < -0.4 is 16.3 Å². The van der Waals surface area contributed by atoms with E-state index in [-0.39, 0.29) is 12.5 Å². The molecular weight excluding hydrogens is 392 g/mol. The monoisotopic (exact) mass is 416 g/mol. The lowest BCUT2D eigenvalue weighted by Crippen LogP contribution is -2.32. The lowest BCUT2D eigenvalue weighted by Gasteiger charge is -2.10. The SMILES string of the molecule is Cc1ccc(CNC(=O)Cn2nc3cc(C)nc(Nc4ccccc4C)n3c2=O)cc1. The van der Waals surface area contributed by atoms with Gasteiger partial charge >= 0.3 is 5.69 Å². The van der Waals surface area contributed by atoms with Gasteiger partial charge < -0.3 is 10.6 Å². The lowest BCUT2D eigenvalue weighted by molar-refractivity contribution is -0.122. The first-order valence-corrected chi connectivity index (χ1v) is 10.0. The number of benzene rings is 2. The minimum atomic E-state index is -0.427. The predicted molar refractivity (Wildman–Crippen MR) is 119 cm³/mol. The molecule has 2 N–H and O–H groups in total. The smallest absolute Gasteiger partial charge is 0.350 e. The molecule has 0 aliphatic heterocycles. The number of rotatable bonds is 6. The highest BCUT2D eigenvalue weighted by Crippen LogP contribution is 2.19. The maximum atomic E-state index is 13.0. The number of aromatic nitrogens is 4. The van der Waals surface area contributed by atoms with Crippen LogP contribution in [0.5, 0.6) is 0 Å².